The van der Waals surface area contributed by atoms with Gasteiger partial charge in [-0.15, -0.1) is 0 Å². The van der Waals surface area contributed by atoms with Crippen LogP contribution in [0.4, 0.5) is 5.82 Å². The van der Waals surface area contributed by atoms with Crippen molar-refractivity contribution in [1.82, 2.24) is 4.98 Å². The summed E-state index contributed by atoms with van der Waals surface area (Å²) in [5.74, 6) is 0.555. The Kier molecular flexibility index (Phi) is 5.36. The third-order valence-electron chi connectivity index (χ3n) is 5.70. The maximum absolute atomic E-state index is 11.9. The fourth-order valence-corrected chi connectivity index (χ4v) is 3.72. The van der Waals surface area contributed by atoms with Crippen molar-refractivity contribution in [3.63, 3.8) is 0 Å². The average molecular weight is 435 g/mol. The first-order valence-electron chi connectivity index (χ1n) is 9.64. The Morgan fingerprint density at radius 2 is 2.03 bits per heavy atom. The van der Waals surface area contributed by atoms with Crippen molar-refractivity contribution < 1.29 is 18.7 Å². The number of carbonyl (C=O) groups excluding carboxylic acids is 1. The van der Waals surface area contributed by atoms with Crippen molar-refractivity contribution in [2.24, 2.45) is 5.92 Å². The molecular weight excluding hydrogens is 412 g/mol. The van der Waals surface area contributed by atoms with Crippen LogP contribution in [-0.4, -0.2) is 29.2 Å². The van der Waals surface area contributed by atoms with E-state index < -0.39 is 18.3 Å². The highest BCUT2D eigenvalue weighted by atomic mass is 35.5. The SMILES string of the molecule is CC1(C)OB(c2cccc(Cl)c2)OC1(C)C[n+]1cnc(NC(=O)C2CC2)cc1Cl. The second kappa shape index (κ2) is 7.54. The molecule has 1 unspecified atom stereocenters. The van der Waals surface area contributed by atoms with Crippen LogP contribution in [0.15, 0.2) is 36.7 Å². The standard InChI is InChI=1S/C20H22BCl2N3O3/c1-19(2)20(3,29-21(28-19)14-5-4-6-15(22)9-14)11-26-12-24-17(10-16(26)23)25-18(27)13-7-8-13/h4-6,9-10,12-13H,7-8,11H2,1-3H3/p+1. The van der Waals surface area contributed by atoms with Gasteiger partial charge in [-0.2, -0.15) is 0 Å². The van der Waals surface area contributed by atoms with Gasteiger partial charge in [-0.3, -0.25) is 10.1 Å². The minimum atomic E-state index is -0.672. The number of anilines is 1. The van der Waals surface area contributed by atoms with E-state index in [2.05, 4.69) is 10.3 Å². The van der Waals surface area contributed by atoms with Crippen molar-refractivity contribution >= 4 is 47.5 Å². The number of halogens is 2. The molecule has 29 heavy (non-hydrogen) atoms. The molecule has 1 atom stereocenters. The zero-order valence-electron chi connectivity index (χ0n) is 16.6. The Morgan fingerprint density at radius 1 is 1.28 bits per heavy atom. The van der Waals surface area contributed by atoms with Crippen molar-refractivity contribution in [1.29, 1.82) is 0 Å². The van der Waals surface area contributed by atoms with Crippen LogP contribution < -0.4 is 15.3 Å². The molecule has 1 aromatic carbocycles. The second-order valence-corrected chi connectivity index (χ2v) is 9.18. The van der Waals surface area contributed by atoms with Crippen LogP contribution >= 0.6 is 23.2 Å². The summed E-state index contributed by atoms with van der Waals surface area (Å²) in [6.07, 6.45) is 3.48. The van der Waals surface area contributed by atoms with Crippen LogP contribution in [0.1, 0.15) is 33.6 Å². The molecule has 4 rings (SSSR count). The Bertz CT molecular complexity index is 954. The highest BCUT2D eigenvalue weighted by Gasteiger charge is 2.56. The third-order valence-corrected chi connectivity index (χ3v) is 6.26. The molecule has 1 saturated heterocycles. The summed E-state index contributed by atoms with van der Waals surface area (Å²) in [4.78, 5) is 16.3. The number of benzene rings is 1. The van der Waals surface area contributed by atoms with Crippen LogP contribution in [0.25, 0.3) is 0 Å². The summed E-state index contributed by atoms with van der Waals surface area (Å²) in [7, 11) is -0.530. The van der Waals surface area contributed by atoms with Gasteiger partial charge >= 0.3 is 7.12 Å². The van der Waals surface area contributed by atoms with Gasteiger partial charge in [-0.05, 0) is 67.8 Å². The van der Waals surface area contributed by atoms with Gasteiger partial charge in [0.2, 0.25) is 11.1 Å². The van der Waals surface area contributed by atoms with Crippen LogP contribution in [0.2, 0.25) is 10.2 Å². The number of rotatable bonds is 5. The molecule has 2 heterocycles. The molecule has 0 bridgehead atoms. The molecule has 1 aliphatic carbocycles. The summed E-state index contributed by atoms with van der Waals surface area (Å²) in [6.45, 7) is 6.40. The minimum absolute atomic E-state index is 0.00342. The third kappa shape index (κ3) is 4.28. The van der Waals surface area contributed by atoms with E-state index in [1.54, 1.807) is 17.0 Å². The van der Waals surface area contributed by atoms with Crippen molar-refractivity contribution in [2.45, 2.75) is 51.4 Å². The van der Waals surface area contributed by atoms with Gasteiger partial charge in [0, 0.05) is 10.9 Å². The van der Waals surface area contributed by atoms with Gasteiger partial charge in [-0.25, -0.2) is 4.57 Å². The van der Waals surface area contributed by atoms with E-state index >= 15 is 0 Å². The predicted molar refractivity (Wildman–Crippen MR) is 112 cm³/mol. The number of amides is 1. The first-order valence-corrected chi connectivity index (χ1v) is 10.4. The van der Waals surface area contributed by atoms with E-state index in [4.69, 9.17) is 32.5 Å². The maximum atomic E-state index is 11.9. The molecule has 0 spiro atoms. The highest BCUT2D eigenvalue weighted by Crippen LogP contribution is 2.38. The van der Waals surface area contributed by atoms with Crippen molar-refractivity contribution in [2.75, 3.05) is 5.32 Å². The summed E-state index contributed by atoms with van der Waals surface area (Å²) in [6, 6.07) is 9.11. The molecule has 2 aliphatic rings. The lowest BCUT2D eigenvalue weighted by Crippen LogP contribution is -2.56. The van der Waals surface area contributed by atoms with Gasteiger partial charge in [0.15, 0.2) is 0 Å². The predicted octanol–water partition coefficient (Wildman–Crippen LogP) is 3.00. The molecule has 1 aliphatic heterocycles. The number of hydrogen-bond acceptors (Lipinski definition) is 4. The molecular formula is C20H23BCl2N3O3+. The van der Waals surface area contributed by atoms with Crippen LogP contribution in [0.5, 0.6) is 0 Å². The summed E-state index contributed by atoms with van der Waals surface area (Å²) in [5.41, 5.74) is -0.397. The Morgan fingerprint density at radius 3 is 2.69 bits per heavy atom. The molecule has 2 aromatic rings. The lowest BCUT2D eigenvalue weighted by Gasteiger charge is -2.35. The number of carbonyl (C=O) groups is 1. The molecule has 6 nitrogen and oxygen atoms in total. The first-order chi connectivity index (χ1) is 13.7. The lowest BCUT2D eigenvalue weighted by molar-refractivity contribution is -0.710. The second-order valence-electron chi connectivity index (χ2n) is 8.35. The van der Waals surface area contributed by atoms with E-state index in [1.807, 2.05) is 45.0 Å². The van der Waals surface area contributed by atoms with E-state index in [1.165, 1.54) is 0 Å². The molecule has 1 aromatic heterocycles. The monoisotopic (exact) mass is 434 g/mol. The number of hydrogen-bond donors (Lipinski definition) is 1. The Balaban J connectivity index is 1.52. The zero-order valence-corrected chi connectivity index (χ0v) is 18.1. The highest BCUT2D eigenvalue weighted by molar-refractivity contribution is 6.62. The van der Waals surface area contributed by atoms with Crippen LogP contribution in [0.3, 0.4) is 0 Å². The molecule has 1 N–H and O–H groups in total. The van der Waals surface area contributed by atoms with Crippen molar-refractivity contribution in [3.05, 3.63) is 46.8 Å². The fraction of sp³-hybridized carbons (Fsp3) is 0.450. The van der Waals surface area contributed by atoms with Crippen LogP contribution in [0, 0.1) is 5.92 Å². The number of nitrogens with zero attached hydrogens (tertiary/aromatic N) is 2. The smallest absolute Gasteiger partial charge is 0.399 e. The molecule has 0 radical (unpaired) electrons. The van der Waals surface area contributed by atoms with Crippen molar-refractivity contribution in [3.8, 4) is 0 Å². The maximum Gasteiger partial charge on any atom is 0.495 e. The zero-order chi connectivity index (χ0) is 20.8. The first kappa shape index (κ1) is 20.6. The molecule has 1 amide bonds. The fourth-order valence-electron chi connectivity index (χ4n) is 3.32. The topological polar surface area (TPSA) is 64.3 Å². The van der Waals surface area contributed by atoms with Gasteiger partial charge in [0.05, 0.1) is 11.7 Å². The summed E-state index contributed by atoms with van der Waals surface area (Å²) >= 11 is 12.6. The summed E-state index contributed by atoms with van der Waals surface area (Å²) in [5, 5.41) is 3.90. The van der Waals surface area contributed by atoms with Gasteiger partial charge in [0.1, 0.15) is 12.1 Å². The van der Waals surface area contributed by atoms with Gasteiger partial charge < -0.3 is 9.31 Å². The van der Waals surface area contributed by atoms with Gasteiger partial charge in [-0.1, -0.05) is 23.7 Å². The van der Waals surface area contributed by atoms with E-state index in [0.717, 1.165) is 18.3 Å². The van der Waals surface area contributed by atoms with E-state index in [0.29, 0.717) is 22.5 Å². The number of aromatic nitrogens is 2. The average Bonchev–Trinajstić information content (AvgIpc) is 3.45. The molecule has 2 fully saturated rings. The lowest BCUT2D eigenvalue weighted by atomic mass is 9.79. The Labute approximate surface area is 180 Å². The van der Waals surface area contributed by atoms with E-state index in [-0.39, 0.29) is 11.8 Å². The number of nitrogens with one attached hydrogen (secondary N) is 1. The largest absolute Gasteiger partial charge is 0.495 e. The van der Waals surface area contributed by atoms with Crippen LogP contribution in [-0.2, 0) is 20.6 Å². The minimum Gasteiger partial charge on any atom is -0.399 e. The van der Waals surface area contributed by atoms with Gasteiger partial charge in [0.25, 0.3) is 12.1 Å². The normalized spacial score (nSPS) is 23.3. The summed E-state index contributed by atoms with van der Waals surface area (Å²) < 4.78 is 14.3. The van der Waals surface area contributed by atoms with E-state index in [9.17, 15) is 4.79 Å². The Hall–Kier alpha value is -1.67. The molecule has 152 valence electrons. The molecule has 1 saturated carbocycles. The molecule has 9 heteroatoms. The quantitative estimate of drug-likeness (QED) is 0.446.